The van der Waals surface area contributed by atoms with E-state index in [0.717, 1.165) is 0 Å². The Kier molecular flexibility index (Phi) is 807. The number of hydrogen-bond acceptors (Lipinski definition) is 1. The Hall–Kier alpha value is -0.370. The molecule has 0 unspecified atom stereocenters. The van der Waals surface area contributed by atoms with Crippen LogP contribution >= 0.6 is 0 Å². The SMILES string of the molecule is C=C.F.N. The highest BCUT2D eigenvalue weighted by molar-refractivity contribution is 4.22. The van der Waals surface area contributed by atoms with Crippen LogP contribution in [0.5, 0.6) is 0 Å². The fourth-order valence-electron chi connectivity index (χ4n) is 0. The van der Waals surface area contributed by atoms with E-state index >= 15 is 0 Å². The molecule has 0 spiro atoms. The summed E-state index contributed by atoms with van der Waals surface area (Å²) in [6.07, 6.45) is 0. The second kappa shape index (κ2) is 51.0. The minimum atomic E-state index is 0. The van der Waals surface area contributed by atoms with Crippen molar-refractivity contribution < 1.29 is 4.70 Å². The second-order valence-electron chi connectivity index (χ2n) is 0. The maximum Gasteiger partial charge on any atom is -0.106 e. The van der Waals surface area contributed by atoms with Crippen molar-refractivity contribution in [2.75, 3.05) is 0 Å². The van der Waals surface area contributed by atoms with Crippen LogP contribution in [0.1, 0.15) is 0 Å². The van der Waals surface area contributed by atoms with Crippen molar-refractivity contribution >= 4 is 0 Å². The van der Waals surface area contributed by atoms with Gasteiger partial charge in [0.1, 0.15) is 0 Å². The summed E-state index contributed by atoms with van der Waals surface area (Å²) in [5, 5.41) is 0. The molecule has 0 aliphatic rings. The van der Waals surface area contributed by atoms with Crippen LogP contribution < -0.4 is 6.15 Å². The molecule has 0 aromatic heterocycles. The Bertz CT molecular complexity index is 6.00. The van der Waals surface area contributed by atoms with Gasteiger partial charge < -0.3 is 6.15 Å². The van der Waals surface area contributed by atoms with Crippen LogP contribution in [0.25, 0.3) is 0 Å². The number of halogens is 1. The van der Waals surface area contributed by atoms with E-state index in [-0.39, 0.29) is 10.9 Å². The topological polar surface area (TPSA) is 35.0 Å². The van der Waals surface area contributed by atoms with Crippen molar-refractivity contribution in [3.8, 4) is 0 Å². The summed E-state index contributed by atoms with van der Waals surface area (Å²) in [6, 6.07) is 0. The van der Waals surface area contributed by atoms with Crippen LogP contribution in [0.2, 0.25) is 0 Å². The van der Waals surface area contributed by atoms with Gasteiger partial charge in [-0.15, -0.1) is 13.2 Å². The van der Waals surface area contributed by atoms with Gasteiger partial charge in [-0.25, -0.2) is 0 Å². The van der Waals surface area contributed by atoms with Crippen LogP contribution in [-0.2, 0) is 0 Å². The summed E-state index contributed by atoms with van der Waals surface area (Å²) in [7, 11) is 0. The normalized spacial score (nSPS) is 1.00. The van der Waals surface area contributed by atoms with Gasteiger partial charge in [0.25, 0.3) is 0 Å². The Balaban J connectivity index is -0.00000000500. The molecule has 0 aliphatic heterocycles. The smallest absolute Gasteiger partial charge is 0.106 e. The second-order valence-corrected chi connectivity index (χ2v) is 0. The molecule has 0 saturated heterocycles. The molecule has 0 atom stereocenters. The molecule has 0 aromatic rings. The fourth-order valence-corrected chi connectivity index (χ4v) is 0. The largest absolute Gasteiger partial charge is 0.344 e. The van der Waals surface area contributed by atoms with E-state index in [2.05, 4.69) is 13.2 Å². The van der Waals surface area contributed by atoms with Crippen LogP contribution in [0.4, 0.5) is 4.70 Å². The van der Waals surface area contributed by atoms with Gasteiger partial charge in [-0.3, -0.25) is 4.70 Å². The van der Waals surface area contributed by atoms with Crippen LogP contribution in [-0.4, -0.2) is 0 Å². The lowest BCUT2D eigenvalue weighted by atomic mass is 11.3. The molecule has 0 fully saturated rings. The molecule has 0 saturated carbocycles. The highest BCUT2D eigenvalue weighted by atomic mass is 19.0. The van der Waals surface area contributed by atoms with Gasteiger partial charge in [0, 0.05) is 0 Å². The van der Waals surface area contributed by atoms with Crippen molar-refractivity contribution in [1.29, 1.82) is 0 Å². The third-order valence-corrected chi connectivity index (χ3v) is 0. The molecule has 1 nitrogen and oxygen atoms in total. The first-order chi connectivity index (χ1) is 1.00. The van der Waals surface area contributed by atoms with Crippen molar-refractivity contribution in [3.05, 3.63) is 13.2 Å². The third-order valence-electron chi connectivity index (χ3n) is 0. The predicted molar refractivity (Wildman–Crippen MR) is 18.8 cm³/mol. The maximum atomic E-state index is 3.00. The lowest BCUT2D eigenvalue weighted by Gasteiger charge is -0.813. The average Bonchev–Trinajstić information content (AvgIpc) is 1.00. The first-order valence-electron chi connectivity index (χ1n) is 0.500. The molecule has 4 heavy (non-hydrogen) atoms. The van der Waals surface area contributed by atoms with Gasteiger partial charge in [0.2, 0.25) is 0 Å². The van der Waals surface area contributed by atoms with E-state index in [9.17, 15) is 0 Å². The summed E-state index contributed by atoms with van der Waals surface area (Å²) >= 11 is 0. The minimum Gasteiger partial charge on any atom is -0.344 e. The average molecular weight is 65.1 g/mol. The van der Waals surface area contributed by atoms with Crippen LogP contribution in [0.3, 0.4) is 0 Å². The Morgan fingerprint density at radius 2 is 1.00 bits per heavy atom. The standard InChI is InChI=1S/C2H4.FH.H3N/c1-2;;/h1-2H2;1H;1H3. The molecule has 3 N–H and O–H groups in total. The Labute approximate surface area is 25.3 Å². The van der Waals surface area contributed by atoms with E-state index in [1.807, 2.05) is 0 Å². The summed E-state index contributed by atoms with van der Waals surface area (Å²) in [6.45, 7) is 6.00. The van der Waals surface area contributed by atoms with Gasteiger partial charge in [-0.2, -0.15) is 0 Å². The summed E-state index contributed by atoms with van der Waals surface area (Å²) in [5.41, 5.74) is 0. The van der Waals surface area contributed by atoms with Gasteiger partial charge in [-0.1, -0.05) is 0 Å². The van der Waals surface area contributed by atoms with E-state index in [1.54, 1.807) is 0 Å². The molecular weight excluding hydrogens is 57.0 g/mol. The maximum absolute atomic E-state index is 3.00. The van der Waals surface area contributed by atoms with Gasteiger partial charge in [-0.05, 0) is 0 Å². The molecule has 0 bridgehead atoms. The molecule has 28 valence electrons. The number of hydrogen-bond donors (Lipinski definition) is 1. The minimum absolute atomic E-state index is 0. The molecule has 0 amide bonds. The lowest BCUT2D eigenvalue weighted by molar-refractivity contribution is 1.11. The zero-order valence-electron chi connectivity index (χ0n) is 2.53. The van der Waals surface area contributed by atoms with Crippen molar-refractivity contribution in [2.45, 2.75) is 0 Å². The van der Waals surface area contributed by atoms with Crippen molar-refractivity contribution in [3.63, 3.8) is 0 Å². The number of rotatable bonds is 0. The third kappa shape index (κ3) is 4.73. The zero-order valence-corrected chi connectivity index (χ0v) is 2.53. The molecule has 0 aromatic carbocycles. The zero-order chi connectivity index (χ0) is 2.00. The monoisotopic (exact) mass is 65.1 g/mol. The van der Waals surface area contributed by atoms with Crippen molar-refractivity contribution in [2.24, 2.45) is 0 Å². The molecule has 0 aliphatic carbocycles. The van der Waals surface area contributed by atoms with E-state index in [0.29, 0.717) is 0 Å². The molecule has 0 heterocycles. The summed E-state index contributed by atoms with van der Waals surface area (Å²) < 4.78 is 0. The molecular formula is C2H8FN. The fraction of sp³-hybridized carbons (Fsp3) is 0. The Morgan fingerprint density at radius 1 is 1.00 bits per heavy atom. The lowest BCUT2D eigenvalue weighted by Crippen LogP contribution is -0.552. The highest BCUT2D eigenvalue weighted by Crippen LogP contribution is 0.862. The van der Waals surface area contributed by atoms with E-state index in [1.165, 1.54) is 0 Å². The summed E-state index contributed by atoms with van der Waals surface area (Å²) in [5.74, 6) is 0. The first-order valence-corrected chi connectivity index (χ1v) is 0.500. The predicted octanol–water partition coefficient (Wildman–Crippen LogP) is 1.12. The van der Waals surface area contributed by atoms with Crippen LogP contribution in [0, 0.1) is 0 Å². The quantitative estimate of drug-likeness (QED) is 0.421. The Morgan fingerprint density at radius 3 is 1.00 bits per heavy atom. The summed E-state index contributed by atoms with van der Waals surface area (Å²) in [4.78, 5) is 0. The first kappa shape index (κ1) is 63.3. The molecule has 0 radical (unpaired) electrons. The molecule has 2 heteroatoms. The molecule has 0 rings (SSSR count). The highest BCUT2D eigenvalue weighted by Gasteiger charge is 0.601. The van der Waals surface area contributed by atoms with Crippen molar-refractivity contribution in [1.82, 2.24) is 6.15 Å². The van der Waals surface area contributed by atoms with Gasteiger partial charge in [0.05, 0.1) is 0 Å². The van der Waals surface area contributed by atoms with E-state index in [4.69, 9.17) is 0 Å². The van der Waals surface area contributed by atoms with Gasteiger partial charge >= 0.3 is 0 Å². The van der Waals surface area contributed by atoms with Crippen LogP contribution in [0.15, 0.2) is 13.2 Å². The van der Waals surface area contributed by atoms with E-state index < -0.39 is 0 Å². The van der Waals surface area contributed by atoms with Gasteiger partial charge in [0.15, 0.2) is 0 Å².